The van der Waals surface area contributed by atoms with Crippen molar-refractivity contribution >= 4 is 24.2 Å². The van der Waals surface area contributed by atoms with Crippen LogP contribution in [-0.4, -0.2) is 42.9 Å². The van der Waals surface area contributed by atoms with Gasteiger partial charge in [-0.3, -0.25) is 9.59 Å². The third-order valence-electron chi connectivity index (χ3n) is 4.53. The van der Waals surface area contributed by atoms with Crippen molar-refractivity contribution in [2.75, 3.05) is 26.2 Å². The van der Waals surface area contributed by atoms with E-state index in [-0.39, 0.29) is 30.1 Å². The molecule has 2 rings (SSSR count). The van der Waals surface area contributed by atoms with E-state index in [0.717, 1.165) is 19.4 Å². The number of nitrogens with two attached hydrogens (primary N) is 1. The first kappa shape index (κ1) is 18.2. The Hall–Kier alpha value is -0.810. The predicted molar refractivity (Wildman–Crippen MR) is 85.2 cm³/mol. The largest absolute Gasteiger partial charge is 0.355 e. The van der Waals surface area contributed by atoms with Crippen LogP contribution in [0.25, 0.3) is 0 Å². The summed E-state index contributed by atoms with van der Waals surface area (Å²) in [5.41, 5.74) is 5.39. The number of rotatable bonds is 5. The quantitative estimate of drug-likeness (QED) is 0.802. The van der Waals surface area contributed by atoms with Gasteiger partial charge in [-0.15, -0.1) is 12.4 Å². The van der Waals surface area contributed by atoms with Crippen LogP contribution in [0.3, 0.4) is 0 Å². The van der Waals surface area contributed by atoms with E-state index in [4.69, 9.17) is 5.73 Å². The van der Waals surface area contributed by atoms with Crippen molar-refractivity contribution in [2.24, 2.45) is 17.6 Å². The van der Waals surface area contributed by atoms with Crippen LogP contribution in [0.5, 0.6) is 0 Å². The summed E-state index contributed by atoms with van der Waals surface area (Å²) in [5.74, 6) is 0.818. The lowest BCUT2D eigenvalue weighted by atomic mass is 9.95. The molecule has 0 aromatic heterocycles. The third-order valence-corrected chi connectivity index (χ3v) is 4.53. The van der Waals surface area contributed by atoms with Gasteiger partial charge in [0.1, 0.15) is 0 Å². The van der Waals surface area contributed by atoms with E-state index in [1.807, 2.05) is 4.90 Å². The summed E-state index contributed by atoms with van der Waals surface area (Å²) in [7, 11) is 0. The molecule has 6 heteroatoms. The van der Waals surface area contributed by atoms with E-state index in [1.165, 1.54) is 25.7 Å². The minimum Gasteiger partial charge on any atom is -0.355 e. The van der Waals surface area contributed by atoms with Crippen LogP contribution in [0, 0.1) is 11.8 Å². The first-order valence-electron chi connectivity index (χ1n) is 7.96. The highest BCUT2D eigenvalue weighted by Crippen LogP contribution is 2.28. The van der Waals surface area contributed by atoms with Crippen molar-refractivity contribution in [3.8, 4) is 0 Å². The summed E-state index contributed by atoms with van der Waals surface area (Å²) in [6.45, 7) is 2.38. The number of likely N-dealkylation sites (tertiary alicyclic amines) is 1. The molecular weight excluding hydrogens is 290 g/mol. The Morgan fingerprint density at radius 1 is 1.14 bits per heavy atom. The minimum absolute atomic E-state index is 0. The van der Waals surface area contributed by atoms with E-state index in [2.05, 4.69) is 5.32 Å². The maximum atomic E-state index is 12.3. The molecule has 21 heavy (non-hydrogen) atoms. The van der Waals surface area contributed by atoms with E-state index in [0.29, 0.717) is 32.0 Å². The molecular formula is C15H28ClN3O2. The molecule has 0 aromatic rings. The number of nitrogens with one attached hydrogen (secondary N) is 1. The minimum atomic E-state index is -0.0529. The lowest BCUT2D eigenvalue weighted by Gasteiger charge is -2.32. The van der Waals surface area contributed by atoms with Gasteiger partial charge in [-0.25, -0.2) is 0 Å². The molecule has 0 radical (unpaired) electrons. The average molecular weight is 318 g/mol. The monoisotopic (exact) mass is 317 g/mol. The fourth-order valence-corrected chi connectivity index (χ4v) is 3.35. The molecule has 2 amide bonds. The lowest BCUT2D eigenvalue weighted by Crippen LogP contribution is -2.46. The van der Waals surface area contributed by atoms with Crippen LogP contribution in [-0.2, 0) is 9.59 Å². The second-order valence-electron chi connectivity index (χ2n) is 6.11. The number of amides is 2. The summed E-state index contributed by atoms with van der Waals surface area (Å²) < 4.78 is 0. The predicted octanol–water partition coefficient (Wildman–Crippen LogP) is 1.30. The Kier molecular flexibility index (Phi) is 8.04. The number of carbonyl (C=O) groups excluding carboxylic acids is 2. The van der Waals surface area contributed by atoms with Crippen LogP contribution < -0.4 is 11.1 Å². The van der Waals surface area contributed by atoms with E-state index < -0.39 is 0 Å². The SMILES string of the molecule is Cl.NCCNC(=O)C1CCCN(C(=O)CC2CCCC2)C1. The zero-order chi connectivity index (χ0) is 14.4. The molecule has 5 nitrogen and oxygen atoms in total. The van der Waals surface area contributed by atoms with Crippen LogP contribution in [0.15, 0.2) is 0 Å². The van der Waals surface area contributed by atoms with Gasteiger partial charge in [0.15, 0.2) is 0 Å². The first-order chi connectivity index (χ1) is 9.70. The Morgan fingerprint density at radius 2 is 1.86 bits per heavy atom. The first-order valence-corrected chi connectivity index (χ1v) is 7.96. The Morgan fingerprint density at radius 3 is 2.52 bits per heavy atom. The average Bonchev–Trinajstić information content (AvgIpc) is 2.97. The van der Waals surface area contributed by atoms with Gasteiger partial charge in [-0.1, -0.05) is 12.8 Å². The van der Waals surface area contributed by atoms with Gasteiger partial charge in [0, 0.05) is 32.6 Å². The third kappa shape index (κ3) is 5.47. The van der Waals surface area contributed by atoms with Crippen molar-refractivity contribution in [1.82, 2.24) is 10.2 Å². The number of piperidine rings is 1. The van der Waals surface area contributed by atoms with Gasteiger partial charge in [-0.2, -0.15) is 0 Å². The van der Waals surface area contributed by atoms with Gasteiger partial charge in [0.2, 0.25) is 11.8 Å². The zero-order valence-corrected chi connectivity index (χ0v) is 13.5. The molecule has 2 aliphatic rings. The number of nitrogens with zero attached hydrogens (tertiary/aromatic N) is 1. The van der Waals surface area contributed by atoms with E-state index in [1.54, 1.807) is 0 Å². The highest BCUT2D eigenvalue weighted by Gasteiger charge is 2.29. The maximum absolute atomic E-state index is 12.3. The molecule has 1 heterocycles. The number of halogens is 1. The summed E-state index contributed by atoms with van der Waals surface area (Å²) in [6, 6.07) is 0. The summed E-state index contributed by atoms with van der Waals surface area (Å²) in [4.78, 5) is 26.2. The molecule has 1 unspecified atom stereocenters. The van der Waals surface area contributed by atoms with Gasteiger partial charge in [-0.05, 0) is 31.6 Å². The van der Waals surface area contributed by atoms with Crippen LogP contribution in [0.1, 0.15) is 44.9 Å². The molecule has 0 bridgehead atoms. The topological polar surface area (TPSA) is 75.4 Å². The molecule has 0 spiro atoms. The molecule has 2 fully saturated rings. The second-order valence-corrected chi connectivity index (χ2v) is 6.11. The molecule has 1 aliphatic heterocycles. The van der Waals surface area contributed by atoms with Gasteiger partial charge in [0.25, 0.3) is 0 Å². The number of carbonyl (C=O) groups is 2. The lowest BCUT2D eigenvalue weighted by molar-refractivity contribution is -0.136. The van der Waals surface area contributed by atoms with Crippen LogP contribution >= 0.6 is 12.4 Å². The maximum Gasteiger partial charge on any atom is 0.224 e. The molecule has 1 saturated heterocycles. The van der Waals surface area contributed by atoms with Crippen molar-refractivity contribution in [1.29, 1.82) is 0 Å². The van der Waals surface area contributed by atoms with Crippen molar-refractivity contribution in [3.05, 3.63) is 0 Å². The van der Waals surface area contributed by atoms with Crippen LogP contribution in [0.4, 0.5) is 0 Å². The fourth-order valence-electron chi connectivity index (χ4n) is 3.35. The molecule has 1 atom stereocenters. The molecule has 1 saturated carbocycles. The molecule has 1 aliphatic carbocycles. The highest BCUT2D eigenvalue weighted by molar-refractivity contribution is 5.85. The summed E-state index contributed by atoms with van der Waals surface area (Å²) in [6.07, 6.45) is 7.40. The van der Waals surface area contributed by atoms with Gasteiger partial charge < -0.3 is 16.0 Å². The van der Waals surface area contributed by atoms with Crippen LogP contribution in [0.2, 0.25) is 0 Å². The van der Waals surface area contributed by atoms with E-state index >= 15 is 0 Å². The Balaban J connectivity index is 0.00000220. The Labute approximate surface area is 133 Å². The Bertz CT molecular complexity index is 346. The number of hydrogen-bond acceptors (Lipinski definition) is 3. The molecule has 0 aromatic carbocycles. The zero-order valence-electron chi connectivity index (χ0n) is 12.7. The smallest absolute Gasteiger partial charge is 0.224 e. The van der Waals surface area contributed by atoms with Crippen molar-refractivity contribution < 1.29 is 9.59 Å². The second kappa shape index (κ2) is 9.26. The highest BCUT2D eigenvalue weighted by atomic mass is 35.5. The number of hydrogen-bond donors (Lipinski definition) is 2. The summed E-state index contributed by atoms with van der Waals surface area (Å²) in [5, 5.41) is 2.83. The standard InChI is InChI=1S/C15H27N3O2.ClH/c16-7-8-17-15(20)13-6-3-9-18(11-13)14(19)10-12-4-1-2-5-12;/h12-13H,1-11,16H2,(H,17,20);1H. The van der Waals surface area contributed by atoms with Crippen molar-refractivity contribution in [2.45, 2.75) is 44.9 Å². The van der Waals surface area contributed by atoms with E-state index in [9.17, 15) is 9.59 Å². The van der Waals surface area contributed by atoms with Gasteiger partial charge in [0.05, 0.1) is 5.92 Å². The molecule has 3 N–H and O–H groups in total. The normalized spacial score (nSPS) is 22.7. The molecule has 122 valence electrons. The fraction of sp³-hybridized carbons (Fsp3) is 0.867. The van der Waals surface area contributed by atoms with Gasteiger partial charge >= 0.3 is 0 Å². The summed E-state index contributed by atoms with van der Waals surface area (Å²) >= 11 is 0. The van der Waals surface area contributed by atoms with Crippen molar-refractivity contribution in [3.63, 3.8) is 0 Å².